The number of benzene rings is 1. The van der Waals surface area contributed by atoms with Crippen LogP contribution in [0.3, 0.4) is 0 Å². The Bertz CT molecular complexity index is 431. The number of anilines is 1. The topological polar surface area (TPSA) is 72.2 Å². The first-order valence-corrected chi connectivity index (χ1v) is 6.14. The molecule has 0 unspecified atom stereocenters. The van der Waals surface area contributed by atoms with E-state index in [9.17, 15) is 8.42 Å². The minimum atomic E-state index is -3.19. The van der Waals surface area contributed by atoms with Gasteiger partial charge in [0.2, 0.25) is 10.0 Å². The summed E-state index contributed by atoms with van der Waals surface area (Å²) in [5, 5.41) is 0.533. The minimum Gasteiger partial charge on any atom is -0.398 e. The highest BCUT2D eigenvalue weighted by atomic mass is 35.5. The fraction of sp³-hybridized carbons (Fsp3) is 0.250. The van der Waals surface area contributed by atoms with Gasteiger partial charge in [-0.1, -0.05) is 17.7 Å². The summed E-state index contributed by atoms with van der Waals surface area (Å²) in [7, 11) is -3.19. The van der Waals surface area contributed by atoms with Gasteiger partial charge in [0.25, 0.3) is 0 Å². The van der Waals surface area contributed by atoms with Gasteiger partial charge in [-0.2, -0.15) is 0 Å². The van der Waals surface area contributed by atoms with Crippen molar-refractivity contribution in [1.82, 2.24) is 4.72 Å². The van der Waals surface area contributed by atoms with Crippen molar-refractivity contribution in [2.75, 3.05) is 12.0 Å². The van der Waals surface area contributed by atoms with Crippen LogP contribution in [0.25, 0.3) is 0 Å². The lowest BCUT2D eigenvalue weighted by Crippen LogP contribution is -2.21. The predicted molar refractivity (Wildman–Crippen MR) is 57.5 cm³/mol. The molecule has 0 aliphatic heterocycles. The zero-order chi connectivity index (χ0) is 10.8. The molecule has 1 rings (SSSR count). The van der Waals surface area contributed by atoms with Crippen molar-refractivity contribution in [3.63, 3.8) is 0 Å². The van der Waals surface area contributed by atoms with Gasteiger partial charge in [0, 0.05) is 17.3 Å². The van der Waals surface area contributed by atoms with Crippen LogP contribution in [0, 0.1) is 0 Å². The van der Waals surface area contributed by atoms with Gasteiger partial charge in [0.05, 0.1) is 6.26 Å². The zero-order valence-corrected chi connectivity index (χ0v) is 9.19. The second-order valence-corrected chi connectivity index (χ2v) is 5.21. The Morgan fingerprint density at radius 3 is 2.64 bits per heavy atom. The Balaban J connectivity index is 2.78. The van der Waals surface area contributed by atoms with Gasteiger partial charge in [-0.25, -0.2) is 13.1 Å². The predicted octanol–water partition coefficient (Wildman–Crippen LogP) is 0.971. The Morgan fingerprint density at radius 2 is 2.14 bits per heavy atom. The molecule has 0 fully saturated rings. The van der Waals surface area contributed by atoms with Gasteiger partial charge >= 0.3 is 0 Å². The highest BCUT2D eigenvalue weighted by Gasteiger charge is 2.03. The molecule has 0 heterocycles. The molecule has 0 saturated heterocycles. The molecular weight excluding hydrogens is 224 g/mol. The highest BCUT2D eigenvalue weighted by Crippen LogP contribution is 2.17. The second-order valence-electron chi connectivity index (χ2n) is 2.94. The molecular formula is C8H11ClN2O2S. The van der Waals surface area contributed by atoms with Gasteiger partial charge in [-0.15, -0.1) is 0 Å². The smallest absolute Gasteiger partial charge is 0.209 e. The van der Waals surface area contributed by atoms with Gasteiger partial charge in [-0.05, 0) is 17.7 Å². The molecule has 1 aromatic carbocycles. The van der Waals surface area contributed by atoms with Gasteiger partial charge < -0.3 is 5.73 Å². The SMILES string of the molecule is CS(=O)(=O)NCc1ccc(Cl)cc1N. The number of hydrogen-bond acceptors (Lipinski definition) is 3. The van der Waals surface area contributed by atoms with Gasteiger partial charge in [0.1, 0.15) is 0 Å². The van der Waals surface area contributed by atoms with E-state index in [-0.39, 0.29) is 6.54 Å². The number of nitrogens with two attached hydrogens (primary N) is 1. The number of rotatable bonds is 3. The molecule has 0 aliphatic rings. The lowest BCUT2D eigenvalue weighted by atomic mass is 10.2. The summed E-state index contributed by atoms with van der Waals surface area (Å²) in [6.45, 7) is 0.182. The second kappa shape index (κ2) is 4.16. The maximum absolute atomic E-state index is 10.8. The van der Waals surface area contributed by atoms with Crippen molar-refractivity contribution in [3.8, 4) is 0 Å². The third kappa shape index (κ3) is 3.53. The molecule has 78 valence electrons. The van der Waals surface area contributed by atoms with E-state index in [1.54, 1.807) is 18.2 Å². The van der Waals surface area contributed by atoms with Crippen LogP contribution in [0.4, 0.5) is 5.69 Å². The molecule has 14 heavy (non-hydrogen) atoms. The van der Waals surface area contributed by atoms with Crippen molar-refractivity contribution in [2.45, 2.75) is 6.54 Å². The van der Waals surface area contributed by atoms with Crippen molar-refractivity contribution >= 4 is 27.3 Å². The van der Waals surface area contributed by atoms with E-state index >= 15 is 0 Å². The maximum atomic E-state index is 10.8. The molecule has 0 radical (unpaired) electrons. The third-order valence-electron chi connectivity index (χ3n) is 1.63. The molecule has 0 atom stereocenters. The number of sulfonamides is 1. The summed E-state index contributed by atoms with van der Waals surface area (Å²) in [4.78, 5) is 0. The molecule has 0 saturated carbocycles. The van der Waals surface area contributed by atoms with E-state index in [0.717, 1.165) is 6.26 Å². The van der Waals surface area contributed by atoms with E-state index in [1.807, 2.05) is 0 Å². The van der Waals surface area contributed by atoms with Crippen LogP contribution in [-0.4, -0.2) is 14.7 Å². The lowest BCUT2D eigenvalue weighted by Gasteiger charge is -2.06. The van der Waals surface area contributed by atoms with Crippen molar-refractivity contribution in [1.29, 1.82) is 0 Å². The molecule has 3 N–H and O–H groups in total. The molecule has 0 bridgehead atoms. The Labute approximate surface area is 88.1 Å². The van der Waals surface area contributed by atoms with Crippen molar-refractivity contribution in [2.24, 2.45) is 0 Å². The van der Waals surface area contributed by atoms with Crippen LogP contribution in [0.15, 0.2) is 18.2 Å². The van der Waals surface area contributed by atoms with Crippen LogP contribution in [0.1, 0.15) is 5.56 Å². The summed E-state index contributed by atoms with van der Waals surface area (Å²) in [6.07, 6.45) is 1.10. The Hall–Kier alpha value is -0.780. The largest absolute Gasteiger partial charge is 0.398 e. The summed E-state index contributed by atoms with van der Waals surface area (Å²) < 4.78 is 24.0. The normalized spacial score (nSPS) is 11.6. The van der Waals surface area contributed by atoms with E-state index in [4.69, 9.17) is 17.3 Å². The molecule has 0 aromatic heterocycles. The van der Waals surface area contributed by atoms with E-state index in [2.05, 4.69) is 4.72 Å². The first kappa shape index (κ1) is 11.3. The average Bonchev–Trinajstić information content (AvgIpc) is 2.00. The molecule has 4 nitrogen and oxygen atoms in total. The third-order valence-corrected chi connectivity index (χ3v) is 2.54. The summed E-state index contributed by atoms with van der Waals surface area (Å²) in [5.74, 6) is 0. The Morgan fingerprint density at radius 1 is 1.50 bits per heavy atom. The molecule has 0 spiro atoms. The quantitative estimate of drug-likeness (QED) is 0.766. The molecule has 6 heteroatoms. The Kier molecular flexibility index (Phi) is 3.36. The average molecular weight is 235 g/mol. The van der Waals surface area contributed by atoms with Crippen LogP contribution in [-0.2, 0) is 16.6 Å². The minimum absolute atomic E-state index is 0.182. The van der Waals surface area contributed by atoms with E-state index < -0.39 is 10.0 Å². The van der Waals surface area contributed by atoms with E-state index in [0.29, 0.717) is 16.3 Å². The number of hydrogen-bond donors (Lipinski definition) is 2. The van der Waals surface area contributed by atoms with Crippen LogP contribution < -0.4 is 10.5 Å². The summed E-state index contributed by atoms with van der Waals surface area (Å²) >= 11 is 5.69. The lowest BCUT2D eigenvalue weighted by molar-refractivity contribution is 0.587. The zero-order valence-electron chi connectivity index (χ0n) is 7.62. The van der Waals surface area contributed by atoms with Crippen LogP contribution >= 0.6 is 11.6 Å². The van der Waals surface area contributed by atoms with Gasteiger partial charge in [0.15, 0.2) is 0 Å². The number of nitrogens with one attached hydrogen (secondary N) is 1. The first-order valence-electron chi connectivity index (χ1n) is 3.87. The monoisotopic (exact) mass is 234 g/mol. The fourth-order valence-electron chi connectivity index (χ4n) is 0.936. The molecule has 0 aliphatic carbocycles. The number of halogens is 1. The fourth-order valence-corrected chi connectivity index (χ4v) is 1.53. The standard InChI is InChI=1S/C8H11ClN2O2S/c1-14(12,13)11-5-6-2-3-7(9)4-8(6)10/h2-4,11H,5,10H2,1H3. The van der Waals surface area contributed by atoms with Crippen molar-refractivity contribution in [3.05, 3.63) is 28.8 Å². The summed E-state index contributed by atoms with van der Waals surface area (Å²) in [5.41, 5.74) is 6.82. The van der Waals surface area contributed by atoms with E-state index in [1.165, 1.54) is 0 Å². The van der Waals surface area contributed by atoms with Crippen LogP contribution in [0.5, 0.6) is 0 Å². The number of nitrogen functional groups attached to an aromatic ring is 1. The van der Waals surface area contributed by atoms with Crippen LogP contribution in [0.2, 0.25) is 5.02 Å². The molecule has 0 amide bonds. The van der Waals surface area contributed by atoms with Crippen molar-refractivity contribution < 1.29 is 8.42 Å². The van der Waals surface area contributed by atoms with Gasteiger partial charge in [-0.3, -0.25) is 0 Å². The first-order chi connectivity index (χ1) is 6.38. The maximum Gasteiger partial charge on any atom is 0.209 e. The molecule has 1 aromatic rings. The summed E-state index contributed by atoms with van der Waals surface area (Å²) in [6, 6.07) is 4.94. The highest BCUT2D eigenvalue weighted by molar-refractivity contribution is 7.88.